The highest BCUT2D eigenvalue weighted by molar-refractivity contribution is 5.51. The van der Waals surface area contributed by atoms with E-state index in [-0.39, 0.29) is 0 Å². The Morgan fingerprint density at radius 2 is 1.87 bits per heavy atom. The van der Waals surface area contributed by atoms with Crippen molar-refractivity contribution < 1.29 is 0 Å². The van der Waals surface area contributed by atoms with Gasteiger partial charge in [-0.1, -0.05) is 0 Å². The van der Waals surface area contributed by atoms with E-state index >= 15 is 0 Å². The third-order valence-corrected chi connectivity index (χ3v) is 3.79. The normalized spacial score (nSPS) is 14.4. The maximum atomic E-state index is 8.96. The van der Waals surface area contributed by atoms with Gasteiger partial charge in [-0.3, -0.25) is 0 Å². The number of nitrogens with zero attached hydrogens (tertiary/aromatic N) is 6. The average molecular weight is 309 g/mol. The predicted molar refractivity (Wildman–Crippen MR) is 89.6 cm³/mol. The molecule has 0 amide bonds. The standard InChI is InChI=1S/C16H19N7/c1-2-18-15-4-6-20-16(21-15)23-9-7-22(8-10-23)14-3-5-19-13(11-14)12-17/h3-6,11H,2,7-10H2,1H3,(H,18,20,21). The molecule has 1 fully saturated rings. The Morgan fingerprint density at radius 1 is 1.13 bits per heavy atom. The number of rotatable bonds is 4. The third kappa shape index (κ3) is 3.48. The molecular formula is C16H19N7. The zero-order valence-corrected chi connectivity index (χ0v) is 13.1. The summed E-state index contributed by atoms with van der Waals surface area (Å²) in [6, 6.07) is 7.74. The van der Waals surface area contributed by atoms with Crippen LogP contribution in [0.25, 0.3) is 0 Å². The first-order valence-corrected chi connectivity index (χ1v) is 7.73. The van der Waals surface area contributed by atoms with E-state index in [2.05, 4.69) is 36.1 Å². The molecule has 0 aromatic carbocycles. The summed E-state index contributed by atoms with van der Waals surface area (Å²) in [4.78, 5) is 17.4. The number of nitriles is 1. The largest absolute Gasteiger partial charge is 0.370 e. The lowest BCUT2D eigenvalue weighted by Crippen LogP contribution is -2.47. The summed E-state index contributed by atoms with van der Waals surface area (Å²) in [7, 11) is 0. The first-order chi connectivity index (χ1) is 11.3. The van der Waals surface area contributed by atoms with Crippen LogP contribution < -0.4 is 15.1 Å². The number of anilines is 3. The number of nitrogens with one attached hydrogen (secondary N) is 1. The number of hydrogen-bond donors (Lipinski definition) is 1. The van der Waals surface area contributed by atoms with Crippen molar-refractivity contribution in [2.75, 3.05) is 47.8 Å². The SMILES string of the molecule is CCNc1ccnc(N2CCN(c3ccnc(C#N)c3)CC2)n1. The minimum atomic E-state index is 0.451. The molecule has 0 aliphatic carbocycles. The lowest BCUT2D eigenvalue weighted by molar-refractivity contribution is 0.640. The van der Waals surface area contributed by atoms with E-state index in [1.54, 1.807) is 12.4 Å². The summed E-state index contributed by atoms with van der Waals surface area (Å²) >= 11 is 0. The van der Waals surface area contributed by atoms with Crippen LogP contribution in [0, 0.1) is 11.3 Å². The Bertz CT molecular complexity index is 702. The summed E-state index contributed by atoms with van der Waals surface area (Å²) in [6.07, 6.45) is 3.47. The van der Waals surface area contributed by atoms with Crippen molar-refractivity contribution in [3.8, 4) is 6.07 Å². The van der Waals surface area contributed by atoms with Gasteiger partial charge < -0.3 is 15.1 Å². The van der Waals surface area contributed by atoms with Gasteiger partial charge in [0.15, 0.2) is 0 Å². The van der Waals surface area contributed by atoms with Gasteiger partial charge in [0.2, 0.25) is 5.95 Å². The molecular weight excluding hydrogens is 290 g/mol. The van der Waals surface area contributed by atoms with Gasteiger partial charge in [-0.2, -0.15) is 10.2 Å². The quantitative estimate of drug-likeness (QED) is 0.916. The van der Waals surface area contributed by atoms with Crippen molar-refractivity contribution in [2.24, 2.45) is 0 Å². The van der Waals surface area contributed by atoms with E-state index in [4.69, 9.17) is 5.26 Å². The van der Waals surface area contributed by atoms with E-state index < -0.39 is 0 Å². The molecule has 7 nitrogen and oxygen atoms in total. The van der Waals surface area contributed by atoms with Crippen LogP contribution in [0.5, 0.6) is 0 Å². The number of pyridine rings is 1. The molecule has 7 heteroatoms. The first-order valence-electron chi connectivity index (χ1n) is 7.73. The molecule has 1 aliphatic heterocycles. The molecule has 0 atom stereocenters. The highest BCUT2D eigenvalue weighted by Crippen LogP contribution is 2.19. The van der Waals surface area contributed by atoms with Crippen molar-refractivity contribution in [1.82, 2.24) is 15.0 Å². The predicted octanol–water partition coefficient (Wildman–Crippen LogP) is 1.50. The summed E-state index contributed by atoms with van der Waals surface area (Å²) in [5.41, 5.74) is 1.49. The molecule has 1 saturated heterocycles. The van der Waals surface area contributed by atoms with Crippen LogP contribution >= 0.6 is 0 Å². The summed E-state index contributed by atoms with van der Waals surface area (Å²) in [6.45, 7) is 6.31. The molecule has 118 valence electrons. The van der Waals surface area contributed by atoms with E-state index in [0.717, 1.165) is 50.2 Å². The van der Waals surface area contributed by atoms with Gasteiger partial charge in [0.05, 0.1) is 0 Å². The van der Waals surface area contributed by atoms with Gasteiger partial charge in [-0.15, -0.1) is 0 Å². The van der Waals surface area contributed by atoms with E-state index in [1.807, 2.05) is 25.1 Å². The van der Waals surface area contributed by atoms with Crippen LogP contribution in [0.15, 0.2) is 30.6 Å². The second kappa shape index (κ2) is 6.92. The second-order valence-electron chi connectivity index (χ2n) is 5.26. The molecule has 0 saturated carbocycles. The molecule has 3 rings (SSSR count). The molecule has 0 spiro atoms. The zero-order valence-electron chi connectivity index (χ0n) is 13.1. The van der Waals surface area contributed by atoms with Crippen LogP contribution in [0.3, 0.4) is 0 Å². The topological polar surface area (TPSA) is 81.0 Å². The maximum absolute atomic E-state index is 8.96. The Morgan fingerprint density at radius 3 is 2.61 bits per heavy atom. The minimum Gasteiger partial charge on any atom is -0.370 e. The van der Waals surface area contributed by atoms with Gasteiger partial charge >= 0.3 is 0 Å². The minimum absolute atomic E-state index is 0.451. The second-order valence-corrected chi connectivity index (χ2v) is 5.26. The number of aromatic nitrogens is 3. The van der Waals surface area contributed by atoms with E-state index in [0.29, 0.717) is 5.69 Å². The fourth-order valence-electron chi connectivity index (χ4n) is 2.62. The summed E-state index contributed by atoms with van der Waals surface area (Å²) in [5.74, 6) is 1.61. The Hall–Kier alpha value is -2.88. The maximum Gasteiger partial charge on any atom is 0.227 e. The van der Waals surface area contributed by atoms with Gasteiger partial charge in [0, 0.05) is 50.8 Å². The Labute approximate surface area is 135 Å². The molecule has 0 radical (unpaired) electrons. The number of piperazine rings is 1. The number of hydrogen-bond acceptors (Lipinski definition) is 7. The van der Waals surface area contributed by atoms with Gasteiger partial charge in [0.1, 0.15) is 17.6 Å². The van der Waals surface area contributed by atoms with Crippen molar-refractivity contribution in [2.45, 2.75) is 6.92 Å². The Balaban J connectivity index is 1.66. The van der Waals surface area contributed by atoms with Gasteiger partial charge in [-0.05, 0) is 25.1 Å². The van der Waals surface area contributed by atoms with E-state index in [1.165, 1.54) is 0 Å². The Kier molecular flexibility index (Phi) is 4.52. The van der Waals surface area contributed by atoms with Crippen molar-refractivity contribution >= 4 is 17.5 Å². The lowest BCUT2D eigenvalue weighted by Gasteiger charge is -2.36. The summed E-state index contributed by atoms with van der Waals surface area (Å²) in [5, 5.41) is 12.2. The molecule has 3 heterocycles. The third-order valence-electron chi connectivity index (χ3n) is 3.79. The monoisotopic (exact) mass is 309 g/mol. The van der Waals surface area contributed by atoms with Crippen molar-refractivity contribution in [3.05, 3.63) is 36.3 Å². The molecule has 1 aliphatic rings. The fraction of sp³-hybridized carbons (Fsp3) is 0.375. The summed E-state index contributed by atoms with van der Waals surface area (Å²) < 4.78 is 0. The molecule has 23 heavy (non-hydrogen) atoms. The van der Waals surface area contributed by atoms with E-state index in [9.17, 15) is 0 Å². The van der Waals surface area contributed by atoms with Crippen LogP contribution in [-0.2, 0) is 0 Å². The van der Waals surface area contributed by atoms with Crippen LogP contribution in [0.2, 0.25) is 0 Å². The molecule has 0 bridgehead atoms. The van der Waals surface area contributed by atoms with Crippen LogP contribution in [-0.4, -0.2) is 47.7 Å². The van der Waals surface area contributed by atoms with Crippen LogP contribution in [0.4, 0.5) is 17.5 Å². The van der Waals surface area contributed by atoms with Crippen molar-refractivity contribution in [3.63, 3.8) is 0 Å². The first kappa shape index (κ1) is 15.0. The molecule has 2 aromatic heterocycles. The van der Waals surface area contributed by atoms with Gasteiger partial charge in [-0.25, -0.2) is 9.97 Å². The molecule has 2 aromatic rings. The molecule has 0 unspecified atom stereocenters. The van der Waals surface area contributed by atoms with Crippen molar-refractivity contribution in [1.29, 1.82) is 5.26 Å². The zero-order chi connectivity index (χ0) is 16.1. The smallest absolute Gasteiger partial charge is 0.227 e. The molecule has 1 N–H and O–H groups in total. The fourth-order valence-corrected chi connectivity index (χ4v) is 2.62. The average Bonchev–Trinajstić information content (AvgIpc) is 2.62. The van der Waals surface area contributed by atoms with Gasteiger partial charge in [0.25, 0.3) is 0 Å². The van der Waals surface area contributed by atoms with Crippen LogP contribution in [0.1, 0.15) is 12.6 Å². The highest BCUT2D eigenvalue weighted by atomic mass is 15.3. The highest BCUT2D eigenvalue weighted by Gasteiger charge is 2.19. The lowest BCUT2D eigenvalue weighted by atomic mass is 10.2.